The summed E-state index contributed by atoms with van der Waals surface area (Å²) in [6, 6.07) is 7.03. The molecule has 1 aliphatic heterocycles. The van der Waals surface area contributed by atoms with Gasteiger partial charge < -0.3 is 10.5 Å². The van der Waals surface area contributed by atoms with Crippen molar-refractivity contribution in [3.63, 3.8) is 0 Å². The number of rotatable bonds is 1. The van der Waals surface area contributed by atoms with E-state index in [1.165, 1.54) is 43.2 Å². The largest absolute Gasteiger partial charge is 0.493 e. The molecule has 1 aromatic rings. The first kappa shape index (κ1) is 11.1. The van der Waals surface area contributed by atoms with Gasteiger partial charge in [-0.2, -0.15) is 0 Å². The van der Waals surface area contributed by atoms with Crippen molar-refractivity contribution >= 4 is 0 Å². The van der Waals surface area contributed by atoms with E-state index in [1.807, 2.05) is 0 Å². The summed E-state index contributed by atoms with van der Waals surface area (Å²) in [4.78, 5) is 0. The second-order valence-corrected chi connectivity index (χ2v) is 5.37. The molecule has 2 N–H and O–H groups in total. The third-order valence-electron chi connectivity index (χ3n) is 4.21. The van der Waals surface area contributed by atoms with Crippen LogP contribution in [0.4, 0.5) is 0 Å². The van der Waals surface area contributed by atoms with Gasteiger partial charge in [-0.1, -0.05) is 31.4 Å². The molecule has 2 aliphatic rings. The highest BCUT2D eigenvalue weighted by molar-refractivity contribution is 5.41. The van der Waals surface area contributed by atoms with Crippen LogP contribution in [0.3, 0.4) is 0 Å². The van der Waals surface area contributed by atoms with Crippen molar-refractivity contribution in [2.75, 3.05) is 6.61 Å². The van der Waals surface area contributed by atoms with Crippen LogP contribution in [0.5, 0.6) is 5.75 Å². The van der Waals surface area contributed by atoms with E-state index in [1.54, 1.807) is 0 Å². The fourth-order valence-corrected chi connectivity index (χ4v) is 3.19. The van der Waals surface area contributed by atoms with Gasteiger partial charge in [0.1, 0.15) is 5.75 Å². The maximum atomic E-state index is 6.32. The minimum Gasteiger partial charge on any atom is -0.493 e. The first-order chi connectivity index (χ1) is 8.34. The maximum Gasteiger partial charge on any atom is 0.122 e. The Bertz CT molecular complexity index is 402. The Morgan fingerprint density at radius 2 is 2.00 bits per heavy atom. The fourth-order valence-electron chi connectivity index (χ4n) is 3.19. The second-order valence-electron chi connectivity index (χ2n) is 5.37. The Balaban J connectivity index is 1.87. The molecule has 92 valence electrons. The number of ether oxygens (including phenoxy) is 1. The smallest absolute Gasteiger partial charge is 0.122 e. The molecule has 1 heterocycles. The fraction of sp³-hybridized carbons (Fsp3) is 0.600. The molecule has 1 saturated carbocycles. The molecule has 3 rings (SSSR count). The highest BCUT2D eigenvalue weighted by Crippen LogP contribution is 2.34. The van der Waals surface area contributed by atoms with Crippen LogP contribution in [0.15, 0.2) is 18.2 Å². The van der Waals surface area contributed by atoms with Crippen LogP contribution in [-0.4, -0.2) is 12.6 Å². The number of hydrogen-bond donors (Lipinski definition) is 1. The van der Waals surface area contributed by atoms with E-state index < -0.39 is 0 Å². The molecule has 0 radical (unpaired) electrons. The molecule has 0 amide bonds. The number of benzene rings is 1. The molecule has 0 bridgehead atoms. The van der Waals surface area contributed by atoms with Gasteiger partial charge in [-0.3, -0.25) is 0 Å². The van der Waals surface area contributed by atoms with Crippen molar-refractivity contribution in [3.8, 4) is 5.75 Å². The van der Waals surface area contributed by atoms with Crippen LogP contribution in [0.1, 0.15) is 49.1 Å². The predicted octanol–water partition coefficient (Wildman–Crippen LogP) is 3.00. The Hall–Kier alpha value is -1.02. The topological polar surface area (TPSA) is 35.2 Å². The predicted molar refractivity (Wildman–Crippen MR) is 69.4 cm³/mol. The molecule has 2 unspecified atom stereocenters. The zero-order valence-electron chi connectivity index (χ0n) is 10.3. The lowest BCUT2D eigenvalue weighted by molar-refractivity contribution is 0.356. The molecule has 2 nitrogen and oxygen atoms in total. The Morgan fingerprint density at radius 3 is 2.94 bits per heavy atom. The van der Waals surface area contributed by atoms with E-state index in [4.69, 9.17) is 10.5 Å². The molecule has 17 heavy (non-hydrogen) atoms. The maximum absolute atomic E-state index is 6.32. The van der Waals surface area contributed by atoms with Crippen molar-refractivity contribution in [2.45, 2.75) is 50.5 Å². The third kappa shape index (κ3) is 2.19. The van der Waals surface area contributed by atoms with Gasteiger partial charge in [-0.25, -0.2) is 0 Å². The highest BCUT2D eigenvalue weighted by Gasteiger charge is 2.23. The van der Waals surface area contributed by atoms with Gasteiger partial charge in [0.15, 0.2) is 0 Å². The van der Waals surface area contributed by atoms with Crippen LogP contribution in [0.25, 0.3) is 0 Å². The van der Waals surface area contributed by atoms with E-state index in [0.29, 0.717) is 12.0 Å². The van der Waals surface area contributed by atoms with Crippen molar-refractivity contribution in [3.05, 3.63) is 29.3 Å². The van der Waals surface area contributed by atoms with Crippen LogP contribution < -0.4 is 10.5 Å². The van der Waals surface area contributed by atoms with Crippen LogP contribution >= 0.6 is 0 Å². The van der Waals surface area contributed by atoms with E-state index in [2.05, 4.69) is 18.2 Å². The van der Waals surface area contributed by atoms with Crippen molar-refractivity contribution in [1.82, 2.24) is 0 Å². The van der Waals surface area contributed by atoms with Gasteiger partial charge in [0.25, 0.3) is 0 Å². The summed E-state index contributed by atoms with van der Waals surface area (Å²) in [5, 5.41) is 0. The summed E-state index contributed by atoms with van der Waals surface area (Å²) in [6.45, 7) is 0.843. The minimum absolute atomic E-state index is 0.345. The van der Waals surface area contributed by atoms with Crippen LogP contribution in [0.2, 0.25) is 0 Å². The van der Waals surface area contributed by atoms with Gasteiger partial charge >= 0.3 is 0 Å². The van der Waals surface area contributed by atoms with E-state index >= 15 is 0 Å². The van der Waals surface area contributed by atoms with Gasteiger partial charge in [0.2, 0.25) is 0 Å². The SMILES string of the molecule is NC1CCCCCC1c1ccc2c(c1)CCO2. The number of fused-ring (bicyclic) bond motifs is 1. The molecule has 2 heteroatoms. The zero-order valence-corrected chi connectivity index (χ0v) is 10.3. The molecular weight excluding hydrogens is 210 g/mol. The standard InChI is InChI=1S/C15H21NO/c16-14-5-3-1-2-4-13(14)11-6-7-15-12(10-11)8-9-17-15/h6-7,10,13-14H,1-5,8-9,16H2. The molecule has 0 aromatic heterocycles. The summed E-state index contributed by atoms with van der Waals surface area (Å²) in [7, 11) is 0. The number of hydrogen-bond acceptors (Lipinski definition) is 2. The van der Waals surface area contributed by atoms with E-state index in [9.17, 15) is 0 Å². The van der Waals surface area contributed by atoms with Crippen molar-refractivity contribution in [1.29, 1.82) is 0 Å². The normalized spacial score (nSPS) is 28.3. The van der Waals surface area contributed by atoms with Gasteiger partial charge in [-0.15, -0.1) is 0 Å². The van der Waals surface area contributed by atoms with Gasteiger partial charge in [0.05, 0.1) is 6.61 Å². The number of nitrogens with two attached hydrogens (primary N) is 1. The molecule has 1 aromatic carbocycles. The quantitative estimate of drug-likeness (QED) is 0.754. The minimum atomic E-state index is 0.345. The van der Waals surface area contributed by atoms with Crippen molar-refractivity contribution < 1.29 is 4.74 Å². The Morgan fingerprint density at radius 1 is 1.12 bits per heavy atom. The zero-order chi connectivity index (χ0) is 11.7. The van der Waals surface area contributed by atoms with Gasteiger partial charge in [0, 0.05) is 12.5 Å². The molecule has 1 aliphatic carbocycles. The van der Waals surface area contributed by atoms with Crippen molar-refractivity contribution in [2.24, 2.45) is 5.73 Å². The molecule has 0 saturated heterocycles. The Kier molecular flexibility index (Phi) is 3.06. The third-order valence-corrected chi connectivity index (χ3v) is 4.21. The summed E-state index contributed by atoms with van der Waals surface area (Å²) >= 11 is 0. The summed E-state index contributed by atoms with van der Waals surface area (Å²) < 4.78 is 5.56. The highest BCUT2D eigenvalue weighted by atomic mass is 16.5. The Labute approximate surface area is 103 Å². The lowest BCUT2D eigenvalue weighted by Gasteiger charge is -2.22. The molecule has 1 fully saturated rings. The summed E-state index contributed by atoms with van der Waals surface area (Å²) in [5.74, 6) is 1.64. The van der Waals surface area contributed by atoms with Gasteiger partial charge in [-0.05, 0) is 36.0 Å². The average molecular weight is 231 g/mol. The summed E-state index contributed by atoms with van der Waals surface area (Å²) in [6.07, 6.45) is 7.46. The average Bonchev–Trinajstić information content (AvgIpc) is 2.70. The molecule has 0 spiro atoms. The lowest BCUT2D eigenvalue weighted by Crippen LogP contribution is -2.27. The monoisotopic (exact) mass is 231 g/mol. The van der Waals surface area contributed by atoms with E-state index in [-0.39, 0.29) is 0 Å². The van der Waals surface area contributed by atoms with E-state index in [0.717, 1.165) is 18.8 Å². The lowest BCUT2D eigenvalue weighted by atomic mass is 9.87. The second kappa shape index (κ2) is 4.69. The van der Waals surface area contributed by atoms with Crippen LogP contribution in [-0.2, 0) is 6.42 Å². The first-order valence-corrected chi connectivity index (χ1v) is 6.86. The first-order valence-electron chi connectivity index (χ1n) is 6.86. The molecule has 2 atom stereocenters. The summed E-state index contributed by atoms with van der Waals surface area (Å²) in [5.41, 5.74) is 9.13. The van der Waals surface area contributed by atoms with Crippen LogP contribution in [0, 0.1) is 0 Å². The molecular formula is C15H21NO.